The van der Waals surface area contributed by atoms with Crippen LogP contribution in [0.4, 0.5) is 5.95 Å². The summed E-state index contributed by atoms with van der Waals surface area (Å²) in [6.45, 7) is 5.98. The van der Waals surface area contributed by atoms with Gasteiger partial charge in [0.05, 0.1) is 6.10 Å². The molecule has 7 nitrogen and oxygen atoms in total. The molecule has 7 heteroatoms. The number of aryl methyl sites for hydroxylation is 1. The van der Waals surface area contributed by atoms with E-state index in [1.807, 2.05) is 24.6 Å². The normalized spacial score (nSPS) is 10.8. The van der Waals surface area contributed by atoms with Crippen molar-refractivity contribution in [3.8, 4) is 12.0 Å². The Bertz CT molecular complexity index is 566. The molecule has 2 aromatic heterocycles. The average molecular weight is 276 g/mol. The Labute approximate surface area is 118 Å². The molecule has 0 saturated heterocycles. The van der Waals surface area contributed by atoms with Gasteiger partial charge >= 0.3 is 6.01 Å². The number of ether oxygens (including phenoxy) is 1. The number of nitrogens with one attached hydrogen (secondary N) is 1. The van der Waals surface area contributed by atoms with Gasteiger partial charge in [-0.05, 0) is 20.3 Å². The molecule has 0 amide bonds. The Morgan fingerprint density at radius 1 is 1.30 bits per heavy atom. The van der Waals surface area contributed by atoms with E-state index in [0.717, 1.165) is 18.7 Å². The minimum atomic E-state index is 0.00727. The van der Waals surface area contributed by atoms with Crippen LogP contribution in [0.5, 0.6) is 6.01 Å². The van der Waals surface area contributed by atoms with Crippen LogP contribution in [0.2, 0.25) is 0 Å². The van der Waals surface area contributed by atoms with E-state index in [1.54, 1.807) is 13.2 Å². The first-order valence-electron chi connectivity index (χ1n) is 6.77. The second-order valence-corrected chi connectivity index (χ2v) is 4.62. The first-order valence-corrected chi connectivity index (χ1v) is 6.77. The summed E-state index contributed by atoms with van der Waals surface area (Å²) in [5.74, 6) is 1.92. The lowest BCUT2D eigenvalue weighted by molar-refractivity contribution is 0.221. The summed E-state index contributed by atoms with van der Waals surface area (Å²) in [7, 11) is 1.76. The topological polar surface area (TPSA) is 77.8 Å². The van der Waals surface area contributed by atoms with E-state index in [1.165, 1.54) is 0 Å². The molecule has 108 valence electrons. The molecule has 1 N–H and O–H groups in total. The lowest BCUT2D eigenvalue weighted by Gasteiger charge is -2.11. The van der Waals surface area contributed by atoms with Crippen LogP contribution in [0.25, 0.3) is 5.95 Å². The largest absolute Gasteiger partial charge is 0.461 e. The third kappa shape index (κ3) is 3.23. The zero-order valence-corrected chi connectivity index (χ0v) is 12.3. The van der Waals surface area contributed by atoms with Gasteiger partial charge in [-0.3, -0.25) is 4.57 Å². The summed E-state index contributed by atoms with van der Waals surface area (Å²) in [6.07, 6.45) is 5.48. The van der Waals surface area contributed by atoms with Crippen molar-refractivity contribution >= 4 is 5.95 Å². The van der Waals surface area contributed by atoms with E-state index in [9.17, 15) is 0 Å². The van der Waals surface area contributed by atoms with Gasteiger partial charge in [-0.15, -0.1) is 0 Å². The van der Waals surface area contributed by atoms with Crippen molar-refractivity contribution in [2.45, 2.75) is 39.7 Å². The SMILES string of the molecule is CCCc1nccn1-c1nc(NC)nc(OC(C)C)n1. The standard InChI is InChI=1S/C13H20N6O/c1-5-6-10-15-7-8-19(10)12-16-11(14-4)17-13(18-12)20-9(2)3/h7-9H,5-6H2,1-4H3,(H,14,16,17,18). The van der Waals surface area contributed by atoms with E-state index in [4.69, 9.17) is 4.74 Å². The van der Waals surface area contributed by atoms with Gasteiger partial charge in [0.15, 0.2) is 0 Å². The highest BCUT2D eigenvalue weighted by Crippen LogP contribution is 2.14. The summed E-state index contributed by atoms with van der Waals surface area (Å²) in [5.41, 5.74) is 0. The van der Waals surface area contributed by atoms with Crippen LogP contribution in [0.3, 0.4) is 0 Å². The number of anilines is 1. The van der Waals surface area contributed by atoms with Crippen LogP contribution in [-0.2, 0) is 6.42 Å². The van der Waals surface area contributed by atoms with Crippen molar-refractivity contribution in [1.29, 1.82) is 0 Å². The lowest BCUT2D eigenvalue weighted by atomic mass is 10.3. The molecule has 0 aromatic carbocycles. The first kappa shape index (κ1) is 14.2. The van der Waals surface area contributed by atoms with Crippen molar-refractivity contribution in [3.63, 3.8) is 0 Å². The van der Waals surface area contributed by atoms with Crippen LogP contribution in [0, 0.1) is 0 Å². The number of hydrogen-bond acceptors (Lipinski definition) is 6. The van der Waals surface area contributed by atoms with Crippen molar-refractivity contribution in [3.05, 3.63) is 18.2 Å². The molecule has 2 rings (SSSR count). The molecule has 0 aliphatic heterocycles. The molecule has 2 aromatic rings. The van der Waals surface area contributed by atoms with Crippen molar-refractivity contribution in [1.82, 2.24) is 24.5 Å². The number of imidazole rings is 1. The minimum Gasteiger partial charge on any atom is -0.461 e. The maximum Gasteiger partial charge on any atom is 0.323 e. The molecule has 0 fully saturated rings. The number of hydrogen-bond donors (Lipinski definition) is 1. The van der Waals surface area contributed by atoms with Gasteiger partial charge in [0.2, 0.25) is 11.9 Å². The zero-order chi connectivity index (χ0) is 14.5. The molecule has 0 radical (unpaired) electrons. The maximum atomic E-state index is 5.56. The fraction of sp³-hybridized carbons (Fsp3) is 0.538. The summed E-state index contributed by atoms with van der Waals surface area (Å²) >= 11 is 0. The molecule has 0 spiro atoms. The Morgan fingerprint density at radius 3 is 2.75 bits per heavy atom. The van der Waals surface area contributed by atoms with Gasteiger partial charge in [-0.25, -0.2) is 4.98 Å². The number of rotatable bonds is 6. The molecule has 0 bridgehead atoms. The van der Waals surface area contributed by atoms with Crippen LogP contribution in [0.1, 0.15) is 33.0 Å². The highest BCUT2D eigenvalue weighted by Gasteiger charge is 2.12. The molecule has 20 heavy (non-hydrogen) atoms. The monoisotopic (exact) mass is 276 g/mol. The van der Waals surface area contributed by atoms with Crippen molar-refractivity contribution in [2.75, 3.05) is 12.4 Å². The van der Waals surface area contributed by atoms with E-state index in [-0.39, 0.29) is 6.10 Å². The molecular weight excluding hydrogens is 256 g/mol. The molecule has 0 aliphatic carbocycles. The van der Waals surface area contributed by atoms with E-state index in [0.29, 0.717) is 17.9 Å². The number of aromatic nitrogens is 5. The van der Waals surface area contributed by atoms with E-state index >= 15 is 0 Å². The molecule has 0 aliphatic rings. The first-order chi connectivity index (χ1) is 9.63. The van der Waals surface area contributed by atoms with Gasteiger partial charge in [0.1, 0.15) is 5.82 Å². The fourth-order valence-corrected chi connectivity index (χ4v) is 1.75. The van der Waals surface area contributed by atoms with Crippen LogP contribution < -0.4 is 10.1 Å². The predicted octanol–water partition coefficient (Wildman–Crippen LogP) is 1.84. The van der Waals surface area contributed by atoms with E-state index in [2.05, 4.69) is 32.2 Å². The van der Waals surface area contributed by atoms with Gasteiger partial charge in [-0.1, -0.05) is 6.92 Å². The van der Waals surface area contributed by atoms with Crippen LogP contribution in [-0.4, -0.2) is 37.7 Å². The van der Waals surface area contributed by atoms with E-state index < -0.39 is 0 Å². The van der Waals surface area contributed by atoms with Crippen molar-refractivity contribution < 1.29 is 4.74 Å². The fourth-order valence-electron chi connectivity index (χ4n) is 1.75. The predicted molar refractivity (Wildman–Crippen MR) is 76.3 cm³/mol. The summed E-state index contributed by atoms with van der Waals surface area (Å²) in [4.78, 5) is 17.2. The van der Waals surface area contributed by atoms with Gasteiger partial charge in [-0.2, -0.15) is 15.0 Å². The third-order valence-electron chi connectivity index (χ3n) is 2.57. The average Bonchev–Trinajstić information content (AvgIpc) is 2.86. The highest BCUT2D eigenvalue weighted by atomic mass is 16.5. The Morgan fingerprint density at radius 2 is 2.10 bits per heavy atom. The quantitative estimate of drug-likeness (QED) is 0.867. The summed E-state index contributed by atoms with van der Waals surface area (Å²) in [5, 5.41) is 2.92. The van der Waals surface area contributed by atoms with Gasteiger partial charge in [0, 0.05) is 25.9 Å². The zero-order valence-electron chi connectivity index (χ0n) is 12.3. The third-order valence-corrected chi connectivity index (χ3v) is 2.57. The summed E-state index contributed by atoms with van der Waals surface area (Å²) in [6, 6.07) is 0.311. The van der Waals surface area contributed by atoms with Gasteiger partial charge in [0.25, 0.3) is 0 Å². The summed E-state index contributed by atoms with van der Waals surface area (Å²) < 4.78 is 7.42. The van der Waals surface area contributed by atoms with Crippen molar-refractivity contribution in [2.24, 2.45) is 0 Å². The second-order valence-electron chi connectivity index (χ2n) is 4.62. The smallest absolute Gasteiger partial charge is 0.323 e. The molecule has 0 atom stereocenters. The second kappa shape index (κ2) is 6.31. The lowest BCUT2D eigenvalue weighted by Crippen LogP contribution is -2.13. The van der Waals surface area contributed by atoms with Crippen LogP contribution >= 0.6 is 0 Å². The minimum absolute atomic E-state index is 0.00727. The Kier molecular flexibility index (Phi) is 4.49. The maximum absolute atomic E-state index is 5.56. The molecule has 0 saturated carbocycles. The van der Waals surface area contributed by atoms with Gasteiger partial charge < -0.3 is 10.1 Å². The molecule has 2 heterocycles. The molecule has 0 unspecified atom stereocenters. The number of nitrogens with zero attached hydrogens (tertiary/aromatic N) is 5. The Balaban J connectivity index is 2.41. The Hall–Kier alpha value is -2.18. The van der Waals surface area contributed by atoms with Crippen LogP contribution in [0.15, 0.2) is 12.4 Å². The highest BCUT2D eigenvalue weighted by molar-refractivity contribution is 5.30. The molecular formula is C13H20N6O.